The van der Waals surface area contributed by atoms with Crippen molar-refractivity contribution in [3.05, 3.63) is 57.7 Å². The molecule has 0 aliphatic carbocycles. The van der Waals surface area contributed by atoms with Gasteiger partial charge in [-0.2, -0.15) is 0 Å². The van der Waals surface area contributed by atoms with Crippen LogP contribution in [0.15, 0.2) is 29.8 Å². The first-order valence-corrected chi connectivity index (χ1v) is 8.50. The van der Waals surface area contributed by atoms with Gasteiger partial charge in [0.25, 0.3) is 5.91 Å². The van der Waals surface area contributed by atoms with Crippen molar-refractivity contribution < 1.29 is 24.5 Å². The van der Waals surface area contributed by atoms with E-state index in [0.29, 0.717) is 28.1 Å². The number of anilines is 1. The maximum absolute atomic E-state index is 13.0. The van der Waals surface area contributed by atoms with Crippen molar-refractivity contribution in [1.29, 1.82) is 0 Å². The van der Waals surface area contributed by atoms with Gasteiger partial charge in [-0.3, -0.25) is 4.79 Å². The number of ether oxygens (including phenoxy) is 1. The molecule has 1 heterocycles. The van der Waals surface area contributed by atoms with E-state index in [1.165, 1.54) is 18.0 Å². The lowest BCUT2D eigenvalue weighted by atomic mass is 9.94. The normalized spacial score (nSPS) is 12.7. The molecule has 0 atom stereocenters. The average Bonchev–Trinajstić information content (AvgIpc) is 2.69. The third-order valence-corrected chi connectivity index (χ3v) is 5.03. The Morgan fingerprint density at radius 2 is 1.74 bits per heavy atom. The van der Waals surface area contributed by atoms with Gasteiger partial charge in [0, 0.05) is 18.2 Å². The molecule has 1 aliphatic rings. The van der Waals surface area contributed by atoms with Gasteiger partial charge in [-0.05, 0) is 50.1 Å². The topological polar surface area (TPSA) is 87.1 Å². The number of hydrogen-bond acceptors (Lipinski definition) is 4. The zero-order chi connectivity index (χ0) is 19.9. The summed E-state index contributed by atoms with van der Waals surface area (Å²) in [6.45, 7) is 5.54. The van der Waals surface area contributed by atoms with Crippen LogP contribution in [0.3, 0.4) is 0 Å². The fourth-order valence-corrected chi connectivity index (χ4v) is 3.25. The van der Waals surface area contributed by atoms with E-state index in [0.717, 1.165) is 11.1 Å². The summed E-state index contributed by atoms with van der Waals surface area (Å²) in [6.07, 6.45) is 1.71. The zero-order valence-electron chi connectivity index (χ0n) is 15.7. The molecule has 27 heavy (non-hydrogen) atoms. The molecule has 0 spiro atoms. The Morgan fingerprint density at radius 1 is 1.07 bits per heavy atom. The molecule has 0 bridgehead atoms. The van der Waals surface area contributed by atoms with Gasteiger partial charge < -0.3 is 19.8 Å². The van der Waals surface area contributed by atoms with E-state index in [1.807, 2.05) is 13.8 Å². The van der Waals surface area contributed by atoms with Crippen molar-refractivity contribution in [2.45, 2.75) is 20.8 Å². The second kappa shape index (κ2) is 6.79. The molecule has 2 N–H and O–H groups in total. The van der Waals surface area contributed by atoms with Crippen LogP contribution in [0.1, 0.15) is 32.6 Å². The van der Waals surface area contributed by atoms with Crippen LogP contribution in [0.25, 0.3) is 6.08 Å². The third kappa shape index (κ3) is 3.03. The predicted octanol–water partition coefficient (Wildman–Crippen LogP) is 3.45. The number of benzene rings is 2. The smallest absolute Gasteiger partial charge is 0.337 e. The monoisotopic (exact) mass is 367 g/mol. The Kier molecular flexibility index (Phi) is 4.66. The summed E-state index contributed by atoms with van der Waals surface area (Å²) in [6, 6.07) is 6.34. The maximum Gasteiger partial charge on any atom is 0.337 e. The fraction of sp³-hybridized carbons (Fsp3) is 0.238. The van der Waals surface area contributed by atoms with Gasteiger partial charge in [0.05, 0.1) is 16.8 Å². The minimum absolute atomic E-state index is 0.0476. The molecule has 0 fully saturated rings. The number of likely N-dealkylation sites (N-methyl/N-ethyl adjacent to an activating group) is 1. The van der Waals surface area contributed by atoms with E-state index < -0.39 is 5.97 Å². The number of phenols is 1. The Balaban J connectivity index is 2.03. The zero-order valence-corrected chi connectivity index (χ0v) is 15.7. The molecule has 2 aromatic carbocycles. The lowest BCUT2D eigenvalue weighted by molar-refractivity contribution is -0.115. The molecule has 0 aromatic heterocycles. The minimum atomic E-state index is -1.10. The second-order valence-corrected chi connectivity index (χ2v) is 6.61. The number of carbonyl (C=O) groups excluding carboxylic acids is 1. The largest absolute Gasteiger partial charge is 0.507 e. The lowest BCUT2D eigenvalue weighted by Crippen LogP contribution is -2.32. The molecule has 0 radical (unpaired) electrons. The Morgan fingerprint density at radius 3 is 2.41 bits per heavy atom. The molecule has 6 heteroatoms. The highest BCUT2D eigenvalue weighted by molar-refractivity contribution is 6.11. The van der Waals surface area contributed by atoms with Crippen molar-refractivity contribution in [3.8, 4) is 11.5 Å². The van der Waals surface area contributed by atoms with Crippen molar-refractivity contribution in [3.63, 3.8) is 0 Å². The number of para-hydroxylation sites is 1. The molecule has 140 valence electrons. The molecular weight excluding hydrogens is 346 g/mol. The Bertz CT molecular complexity index is 991. The number of aromatic hydroxyl groups is 1. The summed E-state index contributed by atoms with van der Waals surface area (Å²) < 4.78 is 5.83. The van der Waals surface area contributed by atoms with E-state index >= 15 is 0 Å². The summed E-state index contributed by atoms with van der Waals surface area (Å²) in [4.78, 5) is 25.7. The molecule has 0 saturated heterocycles. The molecule has 6 nitrogen and oxygen atoms in total. The van der Waals surface area contributed by atoms with Crippen LogP contribution >= 0.6 is 0 Å². The third-order valence-electron chi connectivity index (χ3n) is 5.03. The Labute approximate surface area is 157 Å². The number of amides is 1. The first kappa shape index (κ1) is 18.5. The minimum Gasteiger partial charge on any atom is -0.507 e. The van der Waals surface area contributed by atoms with Gasteiger partial charge in [-0.25, -0.2) is 4.79 Å². The number of carbonyl (C=O) groups is 2. The fourth-order valence-electron chi connectivity index (χ4n) is 3.25. The number of rotatable bonds is 3. The molecular formula is C21H21NO5. The van der Waals surface area contributed by atoms with Crippen LogP contribution in [0, 0.1) is 20.8 Å². The van der Waals surface area contributed by atoms with E-state index in [-0.39, 0.29) is 23.8 Å². The van der Waals surface area contributed by atoms with Crippen LogP contribution in [-0.2, 0) is 4.79 Å². The maximum atomic E-state index is 13.0. The Hall–Kier alpha value is -3.28. The van der Waals surface area contributed by atoms with Crippen LogP contribution in [0.4, 0.5) is 5.69 Å². The van der Waals surface area contributed by atoms with Crippen molar-refractivity contribution in [2.75, 3.05) is 18.6 Å². The van der Waals surface area contributed by atoms with Gasteiger partial charge in [-0.1, -0.05) is 12.1 Å². The van der Waals surface area contributed by atoms with E-state index in [1.54, 1.807) is 31.2 Å². The number of phenolic OH excluding ortho intramolecular Hbond substituents is 1. The summed E-state index contributed by atoms with van der Waals surface area (Å²) in [5.74, 6) is -0.611. The number of carboxylic acid groups (broad SMARTS) is 1. The summed E-state index contributed by atoms with van der Waals surface area (Å²) in [7, 11) is 1.53. The predicted molar refractivity (Wildman–Crippen MR) is 103 cm³/mol. The number of carboxylic acids is 1. The molecule has 3 rings (SSSR count). The number of nitrogens with zero attached hydrogens (tertiary/aromatic N) is 1. The highest BCUT2D eigenvalue weighted by Crippen LogP contribution is 2.40. The van der Waals surface area contributed by atoms with Crippen molar-refractivity contribution >= 4 is 23.6 Å². The summed E-state index contributed by atoms with van der Waals surface area (Å²) in [5.41, 5.74) is 3.64. The molecule has 0 unspecified atom stereocenters. The molecule has 1 aliphatic heterocycles. The van der Waals surface area contributed by atoms with Crippen LogP contribution in [-0.4, -0.2) is 35.7 Å². The second-order valence-electron chi connectivity index (χ2n) is 6.61. The lowest BCUT2D eigenvalue weighted by Gasteiger charge is -2.26. The van der Waals surface area contributed by atoms with Gasteiger partial charge in [-0.15, -0.1) is 0 Å². The van der Waals surface area contributed by atoms with E-state index in [9.17, 15) is 19.8 Å². The highest BCUT2D eigenvalue weighted by Gasteiger charge is 2.26. The number of aromatic carboxylic acids is 1. The highest BCUT2D eigenvalue weighted by atomic mass is 16.5. The first-order chi connectivity index (χ1) is 12.7. The van der Waals surface area contributed by atoms with Crippen molar-refractivity contribution in [2.24, 2.45) is 0 Å². The average molecular weight is 367 g/mol. The van der Waals surface area contributed by atoms with Crippen molar-refractivity contribution in [1.82, 2.24) is 0 Å². The van der Waals surface area contributed by atoms with E-state index in [2.05, 4.69) is 0 Å². The summed E-state index contributed by atoms with van der Waals surface area (Å²) in [5, 5.41) is 19.7. The quantitative estimate of drug-likeness (QED) is 0.868. The molecule has 0 saturated carbocycles. The first-order valence-electron chi connectivity index (χ1n) is 8.50. The van der Waals surface area contributed by atoms with Crippen LogP contribution < -0.4 is 9.64 Å². The summed E-state index contributed by atoms with van der Waals surface area (Å²) >= 11 is 0. The number of fused-ring (bicyclic) bond motifs is 1. The molecule has 2 aromatic rings. The van der Waals surface area contributed by atoms with Crippen LogP contribution in [0.5, 0.6) is 11.5 Å². The van der Waals surface area contributed by atoms with Gasteiger partial charge in [0.15, 0.2) is 0 Å². The van der Waals surface area contributed by atoms with Gasteiger partial charge in [0.1, 0.15) is 18.1 Å². The standard InChI is InChI=1S/C21H21NO5/c1-11-12(2)19-16(13(3)18(11)23)9-14(10-27-19)20(24)22(4)17-8-6-5-7-15(17)21(25)26/h5-9,23H,10H2,1-4H3,(H,25,26). The van der Waals surface area contributed by atoms with Gasteiger partial charge >= 0.3 is 5.97 Å². The number of hydrogen-bond donors (Lipinski definition) is 2. The van der Waals surface area contributed by atoms with E-state index in [4.69, 9.17) is 4.74 Å². The van der Waals surface area contributed by atoms with Gasteiger partial charge in [0.2, 0.25) is 0 Å². The SMILES string of the molecule is Cc1c(C)c2c(c(C)c1O)C=C(C(=O)N(C)c1ccccc1C(=O)O)CO2. The van der Waals surface area contributed by atoms with Crippen LogP contribution in [0.2, 0.25) is 0 Å². The molecule has 1 amide bonds.